The van der Waals surface area contributed by atoms with E-state index in [0.717, 1.165) is 31.2 Å². The molecule has 2 nitrogen and oxygen atoms in total. The Hall–Kier alpha value is -0.570. The second-order valence-electron chi connectivity index (χ2n) is 6.60. The van der Waals surface area contributed by atoms with Crippen LogP contribution in [0.25, 0.3) is 0 Å². The fraction of sp³-hybridized carbons (Fsp3) is 0.625. The van der Waals surface area contributed by atoms with Gasteiger partial charge in [-0.3, -0.25) is 4.90 Å². The molecule has 0 spiro atoms. The minimum Gasteiger partial charge on any atom is -0.376 e. The molecule has 2 unspecified atom stereocenters. The third kappa shape index (κ3) is 2.20. The summed E-state index contributed by atoms with van der Waals surface area (Å²) >= 11 is 0. The van der Waals surface area contributed by atoms with Crippen molar-refractivity contribution in [2.75, 3.05) is 0 Å². The molecule has 2 aliphatic heterocycles. The molecule has 1 aromatic rings. The fourth-order valence-electron chi connectivity index (χ4n) is 4.76. The smallest absolute Gasteiger partial charge is 0.119 e. The van der Waals surface area contributed by atoms with Gasteiger partial charge in [-0.05, 0) is 49.5 Å². The molecule has 2 saturated carbocycles. The van der Waals surface area contributed by atoms with Gasteiger partial charge in [0, 0.05) is 12.6 Å². The van der Waals surface area contributed by atoms with Crippen molar-refractivity contribution in [2.45, 2.75) is 50.4 Å². The zero-order valence-corrected chi connectivity index (χ0v) is 12.0. The zero-order chi connectivity index (χ0) is 12.2. The first-order valence-corrected chi connectivity index (χ1v) is 7.26. The maximum Gasteiger partial charge on any atom is 0.119 e. The van der Waals surface area contributed by atoms with E-state index in [1.54, 1.807) is 0 Å². The molecule has 2 atom stereocenters. The van der Waals surface area contributed by atoms with Crippen LogP contribution < -0.4 is 0 Å². The van der Waals surface area contributed by atoms with E-state index in [9.17, 15) is 5.11 Å². The molecule has 1 N–H and O–H groups in total. The van der Waals surface area contributed by atoms with Crippen LogP contribution in [-0.4, -0.2) is 21.8 Å². The summed E-state index contributed by atoms with van der Waals surface area (Å²) in [6, 6.07) is 11.2. The molecule has 2 saturated heterocycles. The van der Waals surface area contributed by atoms with E-state index >= 15 is 0 Å². The Morgan fingerprint density at radius 3 is 2.26 bits per heavy atom. The molecular weight excluding hydrogens is 258 g/mol. The van der Waals surface area contributed by atoms with Crippen molar-refractivity contribution in [3.8, 4) is 0 Å². The summed E-state index contributed by atoms with van der Waals surface area (Å²) in [6.07, 6.45) is 6.01. The number of hydrogen-bond donors (Lipinski definition) is 1. The van der Waals surface area contributed by atoms with Crippen LogP contribution in [0.1, 0.15) is 37.7 Å². The van der Waals surface area contributed by atoms with Gasteiger partial charge in [-0.2, -0.15) is 0 Å². The third-order valence-electron chi connectivity index (χ3n) is 5.28. The van der Waals surface area contributed by atoms with E-state index in [-0.39, 0.29) is 12.4 Å². The molecule has 4 aliphatic rings. The number of piperidine rings is 2. The lowest BCUT2D eigenvalue weighted by molar-refractivity contribution is -0.236. The van der Waals surface area contributed by atoms with Gasteiger partial charge in [-0.1, -0.05) is 30.3 Å². The molecule has 2 heterocycles. The van der Waals surface area contributed by atoms with E-state index in [4.69, 9.17) is 0 Å². The minimum atomic E-state index is -0.495. The summed E-state index contributed by atoms with van der Waals surface area (Å²) in [7, 11) is 0. The monoisotopic (exact) mass is 279 g/mol. The van der Waals surface area contributed by atoms with Gasteiger partial charge in [0.15, 0.2) is 0 Å². The van der Waals surface area contributed by atoms with Crippen molar-refractivity contribution in [1.29, 1.82) is 0 Å². The van der Waals surface area contributed by atoms with E-state index in [1.165, 1.54) is 24.8 Å². The second kappa shape index (κ2) is 4.76. The first kappa shape index (κ1) is 13.4. The normalized spacial score (nSPS) is 40.2. The Morgan fingerprint density at radius 1 is 1.05 bits per heavy atom. The summed E-state index contributed by atoms with van der Waals surface area (Å²) in [6.45, 7) is 0.918. The Labute approximate surface area is 121 Å². The number of aliphatic hydroxyl groups is 1. The van der Waals surface area contributed by atoms with Gasteiger partial charge in [0.1, 0.15) is 5.72 Å². The van der Waals surface area contributed by atoms with Gasteiger partial charge in [0.2, 0.25) is 0 Å². The molecule has 2 aliphatic carbocycles. The summed E-state index contributed by atoms with van der Waals surface area (Å²) in [5.74, 6) is 1.58. The Balaban J connectivity index is 0.00000110. The van der Waals surface area contributed by atoms with Crippen molar-refractivity contribution < 1.29 is 5.11 Å². The summed E-state index contributed by atoms with van der Waals surface area (Å²) in [4.78, 5) is 2.40. The number of hydrogen-bond acceptors (Lipinski definition) is 2. The Bertz CT molecular complexity index is 435. The average Bonchev–Trinajstić information content (AvgIpc) is 2.34. The van der Waals surface area contributed by atoms with E-state index < -0.39 is 5.72 Å². The van der Waals surface area contributed by atoms with Crippen molar-refractivity contribution in [1.82, 2.24) is 4.90 Å². The van der Waals surface area contributed by atoms with Crippen molar-refractivity contribution >= 4 is 12.4 Å². The van der Waals surface area contributed by atoms with Crippen molar-refractivity contribution in [3.63, 3.8) is 0 Å². The first-order chi connectivity index (χ1) is 8.73. The highest BCUT2D eigenvalue weighted by Gasteiger charge is 2.54. The predicted octanol–water partition coefficient (Wildman–Crippen LogP) is 3.19. The first-order valence-electron chi connectivity index (χ1n) is 7.26. The maximum absolute atomic E-state index is 10.9. The van der Waals surface area contributed by atoms with Gasteiger partial charge in [-0.25, -0.2) is 0 Å². The molecule has 4 fully saturated rings. The van der Waals surface area contributed by atoms with Crippen LogP contribution >= 0.6 is 12.4 Å². The molecule has 0 radical (unpaired) electrons. The molecule has 5 rings (SSSR count). The number of rotatable bonds is 2. The van der Waals surface area contributed by atoms with Crippen LogP contribution in [0.2, 0.25) is 0 Å². The number of benzene rings is 1. The van der Waals surface area contributed by atoms with Crippen LogP contribution in [0, 0.1) is 11.8 Å². The fourth-order valence-corrected chi connectivity index (χ4v) is 4.76. The standard InChI is InChI=1S/C16H21NO.ClH/c18-16-9-13-6-14(10-16)8-15(7-13)17(16)11-12-4-2-1-3-5-12;/h1-5,13-15,18H,6-11H2;1H. The maximum atomic E-state index is 10.9. The number of halogens is 1. The highest BCUT2D eigenvalue weighted by atomic mass is 35.5. The van der Waals surface area contributed by atoms with E-state index in [2.05, 4.69) is 35.2 Å². The van der Waals surface area contributed by atoms with Crippen LogP contribution in [0.4, 0.5) is 0 Å². The predicted molar refractivity (Wildman–Crippen MR) is 78.0 cm³/mol. The third-order valence-corrected chi connectivity index (χ3v) is 5.28. The van der Waals surface area contributed by atoms with Gasteiger partial charge >= 0.3 is 0 Å². The van der Waals surface area contributed by atoms with E-state index in [0.29, 0.717) is 6.04 Å². The lowest BCUT2D eigenvalue weighted by Crippen LogP contribution is -2.65. The van der Waals surface area contributed by atoms with Crippen molar-refractivity contribution in [2.24, 2.45) is 11.8 Å². The highest BCUT2D eigenvalue weighted by molar-refractivity contribution is 5.85. The molecular formula is C16H22ClNO. The largest absolute Gasteiger partial charge is 0.376 e. The summed E-state index contributed by atoms with van der Waals surface area (Å²) in [5, 5.41) is 10.9. The second-order valence-corrected chi connectivity index (χ2v) is 6.60. The van der Waals surface area contributed by atoms with Gasteiger partial charge < -0.3 is 5.11 Å². The summed E-state index contributed by atoms with van der Waals surface area (Å²) in [5.41, 5.74) is 0.836. The van der Waals surface area contributed by atoms with Crippen LogP contribution in [0.5, 0.6) is 0 Å². The topological polar surface area (TPSA) is 23.5 Å². The van der Waals surface area contributed by atoms with Crippen LogP contribution in [-0.2, 0) is 6.54 Å². The van der Waals surface area contributed by atoms with Gasteiger partial charge in [-0.15, -0.1) is 12.4 Å². The molecule has 1 aromatic carbocycles. The number of nitrogens with zero attached hydrogens (tertiary/aromatic N) is 1. The summed E-state index contributed by atoms with van der Waals surface area (Å²) < 4.78 is 0. The Morgan fingerprint density at radius 2 is 1.68 bits per heavy atom. The molecule has 104 valence electrons. The molecule has 0 aromatic heterocycles. The SMILES string of the molecule is Cl.OC12CC3CC(CC(C3)N1Cc1ccccc1)C2. The quantitative estimate of drug-likeness (QED) is 0.899. The molecule has 19 heavy (non-hydrogen) atoms. The van der Waals surface area contributed by atoms with Gasteiger partial charge in [0.05, 0.1) is 0 Å². The Kier molecular flexibility index (Phi) is 3.36. The molecule has 4 bridgehead atoms. The van der Waals surface area contributed by atoms with Crippen LogP contribution in [0.15, 0.2) is 30.3 Å². The molecule has 0 amide bonds. The lowest BCUT2D eigenvalue weighted by atomic mass is 9.62. The minimum absolute atomic E-state index is 0. The molecule has 3 heteroatoms. The zero-order valence-electron chi connectivity index (χ0n) is 11.2. The lowest BCUT2D eigenvalue weighted by Gasteiger charge is -2.61. The van der Waals surface area contributed by atoms with Crippen molar-refractivity contribution in [3.05, 3.63) is 35.9 Å². The highest BCUT2D eigenvalue weighted by Crippen LogP contribution is 2.53. The van der Waals surface area contributed by atoms with E-state index in [1.807, 2.05) is 0 Å². The van der Waals surface area contributed by atoms with Crippen LogP contribution in [0.3, 0.4) is 0 Å². The van der Waals surface area contributed by atoms with Gasteiger partial charge in [0.25, 0.3) is 0 Å². The average molecular weight is 280 g/mol.